The van der Waals surface area contributed by atoms with E-state index in [0.717, 1.165) is 37.1 Å². The number of carbonyl (C=O) groups excluding carboxylic acids is 2. The molecule has 1 spiro atoms. The van der Waals surface area contributed by atoms with Crippen LogP contribution in [0.4, 0.5) is 0 Å². The smallest absolute Gasteiger partial charge is 0.253 e. The zero-order chi connectivity index (χ0) is 18.0. The highest BCUT2D eigenvalue weighted by atomic mass is 16.5. The highest BCUT2D eigenvalue weighted by Crippen LogP contribution is 2.40. The molecule has 0 aliphatic carbocycles. The number of hydrogen-bond donors (Lipinski definition) is 0. The van der Waals surface area contributed by atoms with Crippen molar-refractivity contribution >= 4 is 11.8 Å². The van der Waals surface area contributed by atoms with E-state index in [1.54, 1.807) is 19.3 Å². The Kier molecular flexibility index (Phi) is 4.84. The van der Waals surface area contributed by atoms with Crippen molar-refractivity contribution in [3.05, 3.63) is 42.0 Å². The maximum atomic E-state index is 13.0. The first kappa shape index (κ1) is 17.5. The fourth-order valence-electron chi connectivity index (χ4n) is 4.10. The molecule has 1 atom stereocenters. The lowest BCUT2D eigenvalue weighted by molar-refractivity contribution is -0.143. The monoisotopic (exact) mass is 342 g/mol. The van der Waals surface area contributed by atoms with Gasteiger partial charge in [-0.25, -0.2) is 0 Å². The lowest BCUT2D eigenvalue weighted by atomic mass is 9.78. The van der Waals surface area contributed by atoms with Crippen molar-refractivity contribution in [2.75, 3.05) is 33.8 Å². The number of ether oxygens (including phenoxy) is 1. The normalized spacial score (nSPS) is 23.2. The lowest BCUT2D eigenvalue weighted by Gasteiger charge is -2.37. The van der Waals surface area contributed by atoms with Crippen LogP contribution in [-0.4, -0.2) is 55.4 Å². The number of hydrogen-bond acceptors (Lipinski definition) is 3. The number of benzene rings is 1. The Morgan fingerprint density at radius 2 is 2.16 bits per heavy atom. The van der Waals surface area contributed by atoms with Crippen LogP contribution in [0.1, 0.15) is 35.2 Å². The van der Waals surface area contributed by atoms with Gasteiger partial charge in [-0.1, -0.05) is 6.08 Å². The van der Waals surface area contributed by atoms with Crippen LogP contribution in [0.5, 0.6) is 5.75 Å². The molecule has 5 heteroatoms. The number of likely N-dealkylation sites (tertiary alicyclic amines) is 2. The number of carbonyl (C=O) groups is 2. The predicted molar refractivity (Wildman–Crippen MR) is 96.7 cm³/mol. The maximum absolute atomic E-state index is 13.0. The number of piperidine rings is 1. The van der Waals surface area contributed by atoms with E-state index >= 15 is 0 Å². The third-order valence-corrected chi connectivity index (χ3v) is 5.48. The molecule has 2 fully saturated rings. The summed E-state index contributed by atoms with van der Waals surface area (Å²) in [6.45, 7) is 5.75. The summed E-state index contributed by atoms with van der Waals surface area (Å²) in [4.78, 5) is 29.2. The van der Waals surface area contributed by atoms with Gasteiger partial charge in [0, 0.05) is 32.2 Å². The molecule has 0 radical (unpaired) electrons. The Labute approximate surface area is 149 Å². The second-order valence-corrected chi connectivity index (χ2v) is 7.11. The Morgan fingerprint density at radius 1 is 1.36 bits per heavy atom. The van der Waals surface area contributed by atoms with Gasteiger partial charge in [0.2, 0.25) is 5.91 Å². The molecule has 0 bridgehead atoms. The molecule has 134 valence electrons. The molecule has 1 unspecified atom stereocenters. The topological polar surface area (TPSA) is 49.9 Å². The van der Waals surface area contributed by atoms with Gasteiger partial charge in [-0.05, 0) is 49.4 Å². The largest absolute Gasteiger partial charge is 0.496 e. The number of rotatable bonds is 4. The fraction of sp³-hybridized carbons (Fsp3) is 0.500. The third-order valence-electron chi connectivity index (χ3n) is 5.48. The summed E-state index contributed by atoms with van der Waals surface area (Å²) in [6.07, 6.45) is 5.10. The van der Waals surface area contributed by atoms with Crippen LogP contribution >= 0.6 is 0 Å². The fourth-order valence-corrected chi connectivity index (χ4v) is 4.10. The minimum atomic E-state index is -0.376. The average Bonchev–Trinajstić information content (AvgIpc) is 3.04. The second-order valence-electron chi connectivity index (χ2n) is 7.11. The maximum Gasteiger partial charge on any atom is 0.253 e. The summed E-state index contributed by atoms with van der Waals surface area (Å²) in [5.41, 5.74) is 1.22. The molecular weight excluding hydrogens is 316 g/mol. The third kappa shape index (κ3) is 3.15. The van der Waals surface area contributed by atoms with Crippen molar-refractivity contribution < 1.29 is 14.3 Å². The minimum absolute atomic E-state index is 0.00846. The average molecular weight is 342 g/mol. The molecule has 5 nitrogen and oxygen atoms in total. The van der Waals surface area contributed by atoms with E-state index in [9.17, 15) is 9.59 Å². The van der Waals surface area contributed by atoms with Gasteiger partial charge in [-0.2, -0.15) is 0 Å². The SMILES string of the molecule is C=CCc1cc(C(=O)N2CCC3(CCCN(C)C3=O)C2)ccc1OC. The predicted octanol–water partition coefficient (Wildman–Crippen LogP) is 2.51. The molecule has 0 saturated carbocycles. The standard InChI is InChI=1S/C20H26N2O3/c1-4-6-15-13-16(7-8-17(15)25-3)18(23)22-12-10-20(14-22)9-5-11-21(2)19(20)24/h4,7-8,13H,1,5-6,9-12,14H2,2-3H3. The highest BCUT2D eigenvalue weighted by molar-refractivity contribution is 5.96. The minimum Gasteiger partial charge on any atom is -0.496 e. The summed E-state index contributed by atoms with van der Waals surface area (Å²) in [6, 6.07) is 5.51. The Hall–Kier alpha value is -2.30. The molecule has 0 N–H and O–H groups in total. The van der Waals surface area contributed by atoms with E-state index in [-0.39, 0.29) is 17.2 Å². The van der Waals surface area contributed by atoms with Gasteiger partial charge in [-0.15, -0.1) is 6.58 Å². The molecule has 2 saturated heterocycles. The van der Waals surface area contributed by atoms with E-state index in [1.807, 2.05) is 29.0 Å². The van der Waals surface area contributed by atoms with Crippen LogP contribution < -0.4 is 4.74 Å². The Balaban J connectivity index is 1.79. The zero-order valence-corrected chi connectivity index (χ0v) is 15.1. The second kappa shape index (κ2) is 6.90. The van der Waals surface area contributed by atoms with Crippen molar-refractivity contribution in [1.82, 2.24) is 9.80 Å². The number of allylic oxidation sites excluding steroid dienone is 1. The number of methoxy groups -OCH3 is 1. The summed E-state index contributed by atoms with van der Waals surface area (Å²) in [5.74, 6) is 0.945. The first-order valence-electron chi connectivity index (χ1n) is 8.83. The Morgan fingerprint density at radius 3 is 2.88 bits per heavy atom. The summed E-state index contributed by atoms with van der Waals surface area (Å²) in [7, 11) is 3.48. The Bertz CT molecular complexity index is 700. The van der Waals surface area contributed by atoms with Gasteiger partial charge in [0.25, 0.3) is 5.91 Å². The van der Waals surface area contributed by atoms with Crippen molar-refractivity contribution in [1.29, 1.82) is 0 Å². The van der Waals surface area contributed by atoms with Gasteiger partial charge in [0.1, 0.15) is 5.75 Å². The number of nitrogens with zero attached hydrogens (tertiary/aromatic N) is 2. The van der Waals surface area contributed by atoms with E-state index < -0.39 is 0 Å². The van der Waals surface area contributed by atoms with E-state index in [1.165, 1.54) is 0 Å². The van der Waals surface area contributed by atoms with Crippen LogP contribution in [0, 0.1) is 5.41 Å². The molecule has 1 aromatic carbocycles. The molecule has 0 aromatic heterocycles. The van der Waals surface area contributed by atoms with Crippen molar-refractivity contribution in [3.63, 3.8) is 0 Å². The van der Waals surface area contributed by atoms with E-state index in [0.29, 0.717) is 25.1 Å². The van der Waals surface area contributed by atoms with Crippen LogP contribution in [0.25, 0.3) is 0 Å². The van der Waals surface area contributed by atoms with Crippen molar-refractivity contribution in [2.24, 2.45) is 5.41 Å². The molecule has 2 aliphatic rings. The molecule has 2 amide bonds. The van der Waals surface area contributed by atoms with E-state index in [4.69, 9.17) is 4.74 Å². The van der Waals surface area contributed by atoms with Crippen molar-refractivity contribution in [3.8, 4) is 5.75 Å². The van der Waals surface area contributed by atoms with Crippen LogP contribution in [-0.2, 0) is 11.2 Å². The summed E-state index contributed by atoms with van der Waals surface area (Å²) in [5, 5.41) is 0. The highest BCUT2D eigenvalue weighted by Gasteiger charge is 2.48. The first-order chi connectivity index (χ1) is 12.0. The molecular formula is C20H26N2O3. The molecule has 3 rings (SSSR count). The van der Waals surface area contributed by atoms with Gasteiger partial charge >= 0.3 is 0 Å². The molecule has 25 heavy (non-hydrogen) atoms. The molecule has 2 heterocycles. The van der Waals surface area contributed by atoms with E-state index in [2.05, 4.69) is 6.58 Å². The zero-order valence-electron chi connectivity index (χ0n) is 15.1. The van der Waals surface area contributed by atoms with Crippen LogP contribution in [0.3, 0.4) is 0 Å². The van der Waals surface area contributed by atoms with Gasteiger partial charge in [0.15, 0.2) is 0 Å². The van der Waals surface area contributed by atoms with Crippen LogP contribution in [0.2, 0.25) is 0 Å². The quantitative estimate of drug-likeness (QED) is 0.790. The summed E-state index contributed by atoms with van der Waals surface area (Å²) >= 11 is 0. The molecule has 1 aromatic rings. The first-order valence-corrected chi connectivity index (χ1v) is 8.83. The molecule has 2 aliphatic heterocycles. The van der Waals surface area contributed by atoms with Crippen molar-refractivity contribution in [2.45, 2.75) is 25.7 Å². The summed E-state index contributed by atoms with van der Waals surface area (Å²) < 4.78 is 5.35. The number of amides is 2. The lowest BCUT2D eigenvalue weighted by Crippen LogP contribution is -2.48. The van der Waals surface area contributed by atoms with Crippen LogP contribution in [0.15, 0.2) is 30.9 Å². The van der Waals surface area contributed by atoms with Gasteiger partial charge in [0.05, 0.1) is 12.5 Å². The van der Waals surface area contributed by atoms with Gasteiger partial charge in [-0.3, -0.25) is 9.59 Å². The van der Waals surface area contributed by atoms with Gasteiger partial charge < -0.3 is 14.5 Å².